The number of terminal acetylenes is 1. The molecule has 2 unspecified atom stereocenters. The highest BCUT2D eigenvalue weighted by Crippen LogP contribution is 2.32. The summed E-state index contributed by atoms with van der Waals surface area (Å²) in [5.74, 6) is -4.38. The van der Waals surface area contributed by atoms with Gasteiger partial charge in [0.25, 0.3) is 0 Å². The van der Waals surface area contributed by atoms with Crippen molar-refractivity contribution in [1.29, 1.82) is 0 Å². The van der Waals surface area contributed by atoms with E-state index in [2.05, 4.69) is 16.6 Å². The van der Waals surface area contributed by atoms with Gasteiger partial charge in [0.2, 0.25) is 29.9 Å². The Bertz CT molecular complexity index is 2420. The molecule has 23 heteroatoms. The van der Waals surface area contributed by atoms with Gasteiger partial charge in [0, 0.05) is 52.9 Å². The summed E-state index contributed by atoms with van der Waals surface area (Å²) in [5.41, 5.74) is 1.02. The number of aliphatic carboxylic acids is 2. The minimum Gasteiger partial charge on any atom is -0.480 e. The first kappa shape index (κ1) is 65.0. The highest BCUT2D eigenvalue weighted by molar-refractivity contribution is 5.92. The number of aliphatic hydroxyl groups excluding tert-OH is 3. The number of ether oxygens (including phenoxy) is 6. The maximum absolute atomic E-state index is 14.7. The molecule has 23 nitrogen and oxygen atoms in total. The third-order valence-electron chi connectivity index (χ3n) is 14.8. The van der Waals surface area contributed by atoms with Crippen LogP contribution >= 0.6 is 0 Å². The summed E-state index contributed by atoms with van der Waals surface area (Å²) < 4.78 is 34.1. The van der Waals surface area contributed by atoms with Crippen LogP contribution in [0.15, 0.2) is 48.5 Å². The number of rotatable bonds is 28. The lowest BCUT2D eigenvalue weighted by atomic mass is 9.89. The Kier molecular flexibility index (Phi) is 24.8. The molecule has 438 valence electrons. The van der Waals surface area contributed by atoms with E-state index in [0.717, 1.165) is 10.5 Å². The SMILES string of the molecule is C#CCOc1cc(O[C@@H]2O[C@H](C(=O)O)[C@@H](O)[C@H](O)[C@H]2O)ccc1COC(=O)N(C)[C@H](C(=O)N[C@H](C(=O)N(C)[C@@H](C(C)CC)[C@@H](CC(=O)N1CCC[C@H]1[C@H](OC)[C@@H](C)C(=O)NC(Cc1ccccc1)C(=O)O)OC)C(C)C)C(C)C. The van der Waals surface area contributed by atoms with Crippen LogP contribution in [0.3, 0.4) is 0 Å². The number of nitrogens with one attached hydrogen (secondary N) is 2. The molecule has 7 N–H and O–H groups in total. The Hall–Kier alpha value is -6.55. The van der Waals surface area contributed by atoms with Gasteiger partial charge in [-0.05, 0) is 48.3 Å². The van der Waals surface area contributed by atoms with Crippen molar-refractivity contribution >= 4 is 41.7 Å². The molecule has 5 amide bonds. The number of carboxylic acids is 2. The molecule has 2 aliphatic heterocycles. The smallest absolute Gasteiger partial charge is 0.410 e. The van der Waals surface area contributed by atoms with Crippen molar-refractivity contribution in [1.82, 2.24) is 25.3 Å². The molecule has 0 bridgehead atoms. The number of hydrogen-bond acceptors (Lipinski definition) is 16. The summed E-state index contributed by atoms with van der Waals surface area (Å²) in [4.78, 5) is 99.0. The van der Waals surface area contributed by atoms with Crippen LogP contribution in [0.5, 0.6) is 11.5 Å². The minimum atomic E-state index is -1.94. The topological polar surface area (TPSA) is 310 Å². The van der Waals surface area contributed by atoms with Gasteiger partial charge < -0.3 is 74.4 Å². The number of aliphatic hydroxyl groups is 3. The third-order valence-corrected chi connectivity index (χ3v) is 14.8. The lowest BCUT2D eigenvalue weighted by Crippen LogP contribution is -2.61. The summed E-state index contributed by atoms with van der Waals surface area (Å²) in [5, 5.41) is 55.7. The number of nitrogens with zero attached hydrogens (tertiary/aromatic N) is 3. The number of carbonyl (C=O) groups excluding carboxylic acids is 5. The summed E-state index contributed by atoms with van der Waals surface area (Å²) in [6.45, 7) is 12.2. The highest BCUT2D eigenvalue weighted by atomic mass is 16.7. The average molecular weight is 1110 g/mol. The largest absolute Gasteiger partial charge is 0.480 e. The lowest BCUT2D eigenvalue weighted by Gasteiger charge is -2.41. The number of carbonyl (C=O) groups is 7. The standard InChI is InChI=1S/C56H81N5O18/c1-13-25-76-39-27-36(78-55-47(65)45(63)46(64)49(79-55)54(71)72)23-22-35(39)29-77-56(73)60(10)43(31(5)6)51(67)58-42(30(3)4)52(68)59(9)44(32(7)14-2)40(74-11)28-41(62)61-24-18-21-38(61)48(75-12)33(8)50(66)57-37(53(69)70)26-34-19-16-15-17-20-34/h1,15-17,19-20,22-23,27,30-33,37-38,40,42-49,55,63-65H,14,18,21,24-26,28-29H2,2-12H3,(H,57,66)(H,58,67)(H,69,70)(H,71,72)/t32?,33-,37?,38+,40-,42+,43+,44+,45+,46+,47-,48-,49+,55-/m1/s1. The lowest BCUT2D eigenvalue weighted by molar-refractivity contribution is -0.271. The second-order valence-corrected chi connectivity index (χ2v) is 20.9. The molecule has 2 aliphatic rings. The van der Waals surface area contributed by atoms with E-state index in [0.29, 0.717) is 25.8 Å². The summed E-state index contributed by atoms with van der Waals surface area (Å²) >= 11 is 0. The van der Waals surface area contributed by atoms with Crippen LogP contribution in [0.4, 0.5) is 4.79 Å². The second-order valence-electron chi connectivity index (χ2n) is 20.9. The Morgan fingerprint density at radius 2 is 1.53 bits per heavy atom. The molecule has 79 heavy (non-hydrogen) atoms. The van der Waals surface area contributed by atoms with E-state index in [1.54, 1.807) is 70.8 Å². The predicted molar refractivity (Wildman–Crippen MR) is 285 cm³/mol. The third kappa shape index (κ3) is 16.7. The summed E-state index contributed by atoms with van der Waals surface area (Å²) in [6, 6.07) is 8.41. The number of benzene rings is 2. The van der Waals surface area contributed by atoms with Crippen LogP contribution in [0.1, 0.15) is 85.3 Å². The van der Waals surface area contributed by atoms with Crippen LogP contribution in [0.2, 0.25) is 0 Å². The Morgan fingerprint density at radius 3 is 2.10 bits per heavy atom. The van der Waals surface area contributed by atoms with Gasteiger partial charge >= 0.3 is 18.0 Å². The fourth-order valence-electron chi connectivity index (χ4n) is 10.2. The fraction of sp³-hybridized carbons (Fsp3) is 0.625. The minimum absolute atomic E-state index is 0.0365. The van der Waals surface area contributed by atoms with Crippen molar-refractivity contribution in [3.63, 3.8) is 0 Å². The Labute approximate surface area is 462 Å². The van der Waals surface area contributed by atoms with Crippen molar-refractivity contribution < 1.29 is 87.5 Å². The molecule has 2 aromatic carbocycles. The van der Waals surface area contributed by atoms with Crippen LogP contribution in [0.25, 0.3) is 0 Å². The molecule has 2 heterocycles. The Balaban J connectivity index is 1.46. The normalized spacial score (nSPS) is 22.2. The summed E-state index contributed by atoms with van der Waals surface area (Å²) in [6.07, 6.45) is -4.74. The maximum atomic E-state index is 14.7. The number of likely N-dealkylation sites (tertiary alicyclic amines) is 1. The molecule has 14 atom stereocenters. The van der Waals surface area contributed by atoms with E-state index in [-0.39, 0.29) is 48.3 Å². The zero-order valence-electron chi connectivity index (χ0n) is 47.0. The van der Waals surface area contributed by atoms with E-state index in [9.17, 15) is 59.1 Å². The molecule has 0 aromatic heterocycles. The zero-order chi connectivity index (χ0) is 59.0. The van der Waals surface area contributed by atoms with Gasteiger partial charge in [-0.3, -0.25) is 24.1 Å². The van der Waals surface area contributed by atoms with Crippen LogP contribution in [-0.2, 0) is 60.7 Å². The molecule has 4 rings (SSSR count). The second kappa shape index (κ2) is 30.2. The molecular weight excluding hydrogens is 1030 g/mol. The molecule has 0 spiro atoms. The number of hydrogen-bond donors (Lipinski definition) is 7. The zero-order valence-corrected chi connectivity index (χ0v) is 47.0. The van der Waals surface area contributed by atoms with Crippen molar-refractivity contribution in [3.05, 3.63) is 59.7 Å². The first-order chi connectivity index (χ1) is 37.3. The van der Waals surface area contributed by atoms with E-state index < -0.39 is 133 Å². The molecule has 0 aliphatic carbocycles. The number of carboxylic acid groups (broad SMARTS) is 2. The number of amides is 5. The summed E-state index contributed by atoms with van der Waals surface area (Å²) in [7, 11) is 5.88. The van der Waals surface area contributed by atoms with Crippen molar-refractivity contribution in [2.75, 3.05) is 41.5 Å². The monoisotopic (exact) mass is 1110 g/mol. The van der Waals surface area contributed by atoms with Gasteiger partial charge in [-0.25, -0.2) is 14.4 Å². The van der Waals surface area contributed by atoms with Gasteiger partial charge in [0.1, 0.15) is 61.2 Å². The van der Waals surface area contributed by atoms with E-state index in [1.807, 2.05) is 19.9 Å². The maximum Gasteiger partial charge on any atom is 0.410 e. The van der Waals surface area contributed by atoms with E-state index >= 15 is 0 Å². The molecule has 0 saturated carbocycles. The first-order valence-corrected chi connectivity index (χ1v) is 26.5. The van der Waals surface area contributed by atoms with Crippen LogP contribution < -0.4 is 20.1 Å². The molecule has 2 fully saturated rings. The van der Waals surface area contributed by atoms with Crippen LogP contribution in [-0.4, -0.2) is 196 Å². The molecule has 2 saturated heterocycles. The fourth-order valence-corrected chi connectivity index (χ4v) is 10.2. The van der Waals surface area contributed by atoms with Crippen LogP contribution in [0, 0.1) is 36.0 Å². The first-order valence-electron chi connectivity index (χ1n) is 26.5. The number of likely N-dealkylation sites (N-methyl/N-ethyl adjacent to an activating group) is 2. The van der Waals surface area contributed by atoms with E-state index in [4.69, 9.17) is 34.8 Å². The van der Waals surface area contributed by atoms with Crippen molar-refractivity contribution in [2.45, 2.75) is 160 Å². The quantitative estimate of drug-likeness (QED) is 0.0602. The highest BCUT2D eigenvalue weighted by Gasteiger charge is 2.49. The Morgan fingerprint density at radius 1 is 0.861 bits per heavy atom. The molecule has 2 aromatic rings. The average Bonchev–Trinajstić information content (AvgIpc) is 3.93. The molecule has 0 radical (unpaired) electrons. The number of methoxy groups -OCH3 is 2. The van der Waals surface area contributed by atoms with Gasteiger partial charge in [0.15, 0.2) is 6.10 Å². The van der Waals surface area contributed by atoms with Gasteiger partial charge in [-0.2, -0.15) is 0 Å². The predicted octanol–water partition coefficient (Wildman–Crippen LogP) is 2.44. The van der Waals surface area contributed by atoms with Gasteiger partial charge in [-0.1, -0.05) is 91.1 Å². The van der Waals surface area contributed by atoms with E-state index in [1.165, 1.54) is 44.4 Å². The van der Waals surface area contributed by atoms with Crippen molar-refractivity contribution in [3.8, 4) is 23.8 Å². The van der Waals surface area contributed by atoms with Gasteiger partial charge in [-0.15, -0.1) is 6.42 Å². The van der Waals surface area contributed by atoms with Crippen molar-refractivity contribution in [2.24, 2.45) is 23.7 Å². The molecular formula is C56H81N5O18. The van der Waals surface area contributed by atoms with Gasteiger partial charge in [0.05, 0.1) is 36.6 Å².